The molecular weight excluding hydrogens is 202 g/mol. The highest BCUT2D eigenvalue weighted by Gasteiger charge is 2.06. The number of rotatable bonds is 1. The predicted molar refractivity (Wildman–Crippen MR) is 66.2 cm³/mol. The average Bonchev–Trinajstić information content (AvgIpc) is 2.87. The molecular formula is C13H11NS. The van der Waals surface area contributed by atoms with Crippen molar-refractivity contribution in [1.82, 2.24) is 4.57 Å². The van der Waals surface area contributed by atoms with E-state index < -0.39 is 0 Å². The second kappa shape index (κ2) is 3.24. The number of benzene rings is 1. The summed E-state index contributed by atoms with van der Waals surface area (Å²) in [6.45, 7) is 0. The molecule has 0 saturated carbocycles. The molecule has 0 unspecified atom stereocenters. The van der Waals surface area contributed by atoms with E-state index >= 15 is 0 Å². The molecule has 0 aliphatic carbocycles. The fourth-order valence-corrected chi connectivity index (χ4v) is 2.63. The standard InChI is InChI=1S/C13H11NS/c1-14-12-5-3-2-4-10(12)8-13(14)11-6-7-15-9-11/h2-9H,1H3. The van der Waals surface area contributed by atoms with Gasteiger partial charge in [-0.15, -0.1) is 0 Å². The molecule has 15 heavy (non-hydrogen) atoms. The lowest BCUT2D eigenvalue weighted by molar-refractivity contribution is 0.979. The van der Waals surface area contributed by atoms with Crippen molar-refractivity contribution in [1.29, 1.82) is 0 Å². The van der Waals surface area contributed by atoms with Gasteiger partial charge in [0.25, 0.3) is 0 Å². The van der Waals surface area contributed by atoms with Crippen LogP contribution in [0.4, 0.5) is 0 Å². The minimum absolute atomic E-state index is 1.29. The number of nitrogens with zero attached hydrogens (tertiary/aromatic N) is 1. The summed E-state index contributed by atoms with van der Waals surface area (Å²) >= 11 is 1.74. The molecule has 2 aromatic heterocycles. The lowest BCUT2D eigenvalue weighted by atomic mass is 10.2. The van der Waals surface area contributed by atoms with E-state index in [4.69, 9.17) is 0 Å². The highest BCUT2D eigenvalue weighted by molar-refractivity contribution is 7.08. The molecule has 0 amide bonds. The molecule has 3 rings (SSSR count). The third kappa shape index (κ3) is 1.29. The third-order valence-corrected chi connectivity index (χ3v) is 3.45. The lowest BCUT2D eigenvalue weighted by Gasteiger charge is -2.00. The van der Waals surface area contributed by atoms with Gasteiger partial charge in [0, 0.05) is 34.6 Å². The Morgan fingerprint density at radius 3 is 2.73 bits per heavy atom. The van der Waals surface area contributed by atoms with Crippen LogP contribution in [0, 0.1) is 0 Å². The summed E-state index contributed by atoms with van der Waals surface area (Å²) in [4.78, 5) is 0. The number of aryl methyl sites for hydroxylation is 1. The Morgan fingerprint density at radius 1 is 1.13 bits per heavy atom. The van der Waals surface area contributed by atoms with Gasteiger partial charge in [-0.2, -0.15) is 11.3 Å². The van der Waals surface area contributed by atoms with Crippen LogP contribution in [-0.2, 0) is 7.05 Å². The van der Waals surface area contributed by atoms with Gasteiger partial charge in [0.2, 0.25) is 0 Å². The normalized spacial score (nSPS) is 11.0. The van der Waals surface area contributed by atoms with Gasteiger partial charge in [-0.25, -0.2) is 0 Å². The van der Waals surface area contributed by atoms with Crippen LogP contribution in [0.25, 0.3) is 22.2 Å². The van der Waals surface area contributed by atoms with Crippen molar-refractivity contribution in [3.8, 4) is 11.3 Å². The van der Waals surface area contributed by atoms with E-state index in [-0.39, 0.29) is 0 Å². The fourth-order valence-electron chi connectivity index (χ4n) is 1.98. The quantitative estimate of drug-likeness (QED) is 0.577. The molecule has 0 aliphatic heterocycles. The summed E-state index contributed by atoms with van der Waals surface area (Å²) in [5.74, 6) is 0. The smallest absolute Gasteiger partial charge is 0.0497 e. The first-order chi connectivity index (χ1) is 7.36. The number of hydrogen-bond acceptors (Lipinski definition) is 1. The van der Waals surface area contributed by atoms with E-state index in [1.54, 1.807) is 11.3 Å². The van der Waals surface area contributed by atoms with Gasteiger partial charge in [0.05, 0.1) is 0 Å². The molecule has 0 radical (unpaired) electrons. The minimum Gasteiger partial charge on any atom is -0.344 e. The van der Waals surface area contributed by atoms with Crippen LogP contribution in [0.2, 0.25) is 0 Å². The van der Waals surface area contributed by atoms with Crippen LogP contribution in [0.1, 0.15) is 0 Å². The van der Waals surface area contributed by atoms with Gasteiger partial charge >= 0.3 is 0 Å². The largest absolute Gasteiger partial charge is 0.344 e. The summed E-state index contributed by atoms with van der Waals surface area (Å²) in [7, 11) is 2.12. The number of fused-ring (bicyclic) bond motifs is 1. The second-order valence-corrected chi connectivity index (χ2v) is 4.44. The molecule has 0 saturated heterocycles. The van der Waals surface area contributed by atoms with Crippen LogP contribution in [0.3, 0.4) is 0 Å². The maximum Gasteiger partial charge on any atom is 0.0497 e. The summed E-state index contributed by atoms with van der Waals surface area (Å²) in [6, 6.07) is 12.9. The van der Waals surface area contributed by atoms with Gasteiger partial charge in [0.15, 0.2) is 0 Å². The van der Waals surface area contributed by atoms with Gasteiger partial charge < -0.3 is 4.57 Å². The monoisotopic (exact) mass is 213 g/mol. The molecule has 2 heteroatoms. The molecule has 0 atom stereocenters. The number of aromatic nitrogens is 1. The summed E-state index contributed by atoms with van der Waals surface area (Å²) < 4.78 is 2.25. The summed E-state index contributed by atoms with van der Waals surface area (Å²) in [5, 5.41) is 5.61. The van der Waals surface area contributed by atoms with Gasteiger partial charge in [0.1, 0.15) is 0 Å². The Balaban J connectivity index is 2.33. The first kappa shape index (κ1) is 8.74. The molecule has 3 aromatic rings. The number of thiophene rings is 1. The number of hydrogen-bond donors (Lipinski definition) is 0. The van der Waals surface area contributed by atoms with E-state index in [2.05, 4.69) is 58.8 Å². The molecule has 1 nitrogen and oxygen atoms in total. The SMILES string of the molecule is Cn1c(-c2ccsc2)cc2ccccc21. The highest BCUT2D eigenvalue weighted by atomic mass is 32.1. The third-order valence-electron chi connectivity index (χ3n) is 2.77. The fraction of sp³-hybridized carbons (Fsp3) is 0.0769. The number of para-hydroxylation sites is 1. The molecule has 1 aromatic carbocycles. The highest BCUT2D eigenvalue weighted by Crippen LogP contribution is 2.28. The predicted octanol–water partition coefficient (Wildman–Crippen LogP) is 3.91. The summed E-state index contributed by atoms with van der Waals surface area (Å²) in [5.41, 5.74) is 3.88. The Bertz CT molecular complexity index is 590. The molecule has 0 aliphatic rings. The zero-order valence-corrected chi connectivity index (χ0v) is 9.29. The van der Waals surface area contributed by atoms with Crippen LogP contribution in [-0.4, -0.2) is 4.57 Å². The molecule has 0 bridgehead atoms. The van der Waals surface area contributed by atoms with Crippen molar-refractivity contribution < 1.29 is 0 Å². The molecule has 0 N–H and O–H groups in total. The van der Waals surface area contributed by atoms with Gasteiger partial charge in [-0.1, -0.05) is 18.2 Å². The Kier molecular flexibility index (Phi) is 1.89. The zero-order valence-electron chi connectivity index (χ0n) is 8.47. The van der Waals surface area contributed by atoms with Crippen LogP contribution < -0.4 is 0 Å². The van der Waals surface area contributed by atoms with Gasteiger partial charge in [-0.3, -0.25) is 0 Å². The molecule has 74 valence electrons. The zero-order chi connectivity index (χ0) is 10.3. The van der Waals surface area contributed by atoms with Crippen molar-refractivity contribution in [2.24, 2.45) is 7.05 Å². The minimum atomic E-state index is 1.29. The Hall–Kier alpha value is -1.54. The second-order valence-electron chi connectivity index (χ2n) is 3.66. The van der Waals surface area contributed by atoms with E-state index in [9.17, 15) is 0 Å². The summed E-state index contributed by atoms with van der Waals surface area (Å²) in [6.07, 6.45) is 0. The first-order valence-electron chi connectivity index (χ1n) is 4.93. The Labute approximate surface area is 92.6 Å². The average molecular weight is 213 g/mol. The van der Waals surface area contributed by atoms with Crippen molar-refractivity contribution >= 4 is 22.2 Å². The van der Waals surface area contributed by atoms with Crippen molar-refractivity contribution in [3.05, 3.63) is 47.2 Å². The maximum absolute atomic E-state index is 2.25. The van der Waals surface area contributed by atoms with E-state index in [1.807, 2.05) is 0 Å². The lowest BCUT2D eigenvalue weighted by Crippen LogP contribution is -1.89. The van der Waals surface area contributed by atoms with E-state index in [0.717, 1.165) is 0 Å². The Morgan fingerprint density at radius 2 is 2.00 bits per heavy atom. The van der Waals surface area contributed by atoms with Crippen molar-refractivity contribution in [2.45, 2.75) is 0 Å². The molecule has 0 fully saturated rings. The van der Waals surface area contributed by atoms with E-state index in [1.165, 1.54) is 22.2 Å². The molecule has 0 spiro atoms. The van der Waals surface area contributed by atoms with Crippen LogP contribution in [0.5, 0.6) is 0 Å². The van der Waals surface area contributed by atoms with Crippen LogP contribution >= 0.6 is 11.3 Å². The van der Waals surface area contributed by atoms with Crippen molar-refractivity contribution in [3.63, 3.8) is 0 Å². The first-order valence-corrected chi connectivity index (χ1v) is 5.87. The topological polar surface area (TPSA) is 4.93 Å². The van der Waals surface area contributed by atoms with Gasteiger partial charge in [-0.05, 0) is 23.6 Å². The molecule has 2 heterocycles. The maximum atomic E-state index is 2.25. The van der Waals surface area contributed by atoms with Crippen LogP contribution in [0.15, 0.2) is 47.2 Å². The van der Waals surface area contributed by atoms with Crippen molar-refractivity contribution in [2.75, 3.05) is 0 Å². The van der Waals surface area contributed by atoms with E-state index in [0.29, 0.717) is 0 Å².